The van der Waals surface area contributed by atoms with E-state index in [1.54, 1.807) is 16.4 Å². The first-order chi connectivity index (χ1) is 10.6. The summed E-state index contributed by atoms with van der Waals surface area (Å²) in [7, 11) is -3.42. The van der Waals surface area contributed by atoms with Crippen LogP contribution in [0.4, 0.5) is 5.82 Å². The van der Waals surface area contributed by atoms with Gasteiger partial charge in [-0.25, -0.2) is 13.4 Å². The summed E-state index contributed by atoms with van der Waals surface area (Å²) in [5.41, 5.74) is 0. The van der Waals surface area contributed by atoms with E-state index in [2.05, 4.69) is 10.3 Å². The van der Waals surface area contributed by atoms with Crippen molar-refractivity contribution in [3.63, 3.8) is 0 Å². The van der Waals surface area contributed by atoms with Crippen LogP contribution in [-0.2, 0) is 10.0 Å². The molecule has 0 aromatic carbocycles. The topological polar surface area (TPSA) is 82.5 Å². The zero-order valence-corrected chi connectivity index (χ0v) is 13.8. The molecule has 1 unspecified atom stereocenters. The summed E-state index contributed by atoms with van der Waals surface area (Å²) in [6.45, 7) is 3.34. The number of hydrogen-bond acceptors (Lipinski definition) is 5. The summed E-state index contributed by atoms with van der Waals surface area (Å²) in [5, 5.41) is 12.2. The van der Waals surface area contributed by atoms with E-state index in [1.165, 1.54) is 6.20 Å². The molecule has 2 N–H and O–H groups in total. The molecule has 1 saturated heterocycles. The molecule has 22 heavy (non-hydrogen) atoms. The van der Waals surface area contributed by atoms with Gasteiger partial charge in [-0.1, -0.05) is 13.3 Å². The highest BCUT2D eigenvalue weighted by atomic mass is 32.2. The lowest BCUT2D eigenvalue weighted by molar-refractivity contribution is 0.278. The summed E-state index contributed by atoms with van der Waals surface area (Å²) >= 11 is 0. The number of aliphatic hydroxyl groups is 1. The van der Waals surface area contributed by atoms with Crippen LogP contribution in [-0.4, -0.2) is 48.6 Å². The molecule has 0 spiro atoms. The third kappa shape index (κ3) is 4.18. The number of sulfonamides is 1. The van der Waals surface area contributed by atoms with Crippen LogP contribution in [0.2, 0.25) is 0 Å². The lowest BCUT2D eigenvalue weighted by Crippen LogP contribution is -2.35. The zero-order chi connectivity index (χ0) is 16.0. The van der Waals surface area contributed by atoms with Crippen molar-refractivity contribution in [2.45, 2.75) is 50.0 Å². The first-order valence-electron chi connectivity index (χ1n) is 7.91. The van der Waals surface area contributed by atoms with E-state index >= 15 is 0 Å². The fourth-order valence-electron chi connectivity index (χ4n) is 2.62. The molecule has 2 heterocycles. The fraction of sp³-hybridized carbons (Fsp3) is 0.667. The molecule has 1 aromatic rings. The van der Waals surface area contributed by atoms with Crippen molar-refractivity contribution in [2.75, 3.05) is 25.0 Å². The summed E-state index contributed by atoms with van der Waals surface area (Å²) in [6, 6.07) is 3.43. The number of pyridine rings is 1. The molecule has 0 saturated carbocycles. The molecule has 0 amide bonds. The summed E-state index contributed by atoms with van der Waals surface area (Å²) in [6.07, 6.45) is 5.87. The van der Waals surface area contributed by atoms with Crippen LogP contribution < -0.4 is 5.32 Å². The van der Waals surface area contributed by atoms with E-state index < -0.39 is 10.0 Å². The highest BCUT2D eigenvalue weighted by Crippen LogP contribution is 2.21. The molecule has 1 aromatic heterocycles. The van der Waals surface area contributed by atoms with E-state index in [1.807, 2.05) is 6.92 Å². The van der Waals surface area contributed by atoms with Crippen molar-refractivity contribution >= 4 is 15.8 Å². The van der Waals surface area contributed by atoms with Gasteiger partial charge in [0.15, 0.2) is 0 Å². The summed E-state index contributed by atoms with van der Waals surface area (Å²) in [4.78, 5) is 4.46. The average molecular weight is 327 g/mol. The average Bonchev–Trinajstić information content (AvgIpc) is 2.55. The molecular formula is C15H25N3O3S. The highest BCUT2D eigenvalue weighted by molar-refractivity contribution is 7.89. The monoisotopic (exact) mass is 327 g/mol. The van der Waals surface area contributed by atoms with E-state index in [0.717, 1.165) is 25.7 Å². The lowest BCUT2D eigenvalue weighted by atomic mass is 10.1. The van der Waals surface area contributed by atoms with Crippen molar-refractivity contribution < 1.29 is 13.5 Å². The van der Waals surface area contributed by atoms with Gasteiger partial charge in [-0.05, 0) is 37.8 Å². The van der Waals surface area contributed by atoms with Gasteiger partial charge in [-0.2, -0.15) is 4.31 Å². The molecule has 0 aliphatic carbocycles. The predicted molar refractivity (Wildman–Crippen MR) is 86.3 cm³/mol. The maximum Gasteiger partial charge on any atom is 0.244 e. The molecule has 1 aliphatic rings. The Morgan fingerprint density at radius 2 is 2.05 bits per heavy atom. The SMILES string of the molecule is CCC(CCO)Nc1ccc(S(=O)(=O)N2CCCCC2)cn1. The van der Waals surface area contributed by atoms with E-state index in [4.69, 9.17) is 5.11 Å². The van der Waals surface area contributed by atoms with Crippen LogP contribution in [0.25, 0.3) is 0 Å². The Bertz CT molecular complexity index is 554. The maximum absolute atomic E-state index is 12.5. The molecule has 1 fully saturated rings. The van der Waals surface area contributed by atoms with Gasteiger partial charge >= 0.3 is 0 Å². The quantitative estimate of drug-likeness (QED) is 0.798. The first kappa shape index (κ1) is 17.2. The lowest BCUT2D eigenvalue weighted by Gasteiger charge is -2.25. The molecule has 0 radical (unpaired) electrons. The Kier molecular flexibility index (Phi) is 6.16. The third-order valence-corrected chi connectivity index (χ3v) is 5.89. The van der Waals surface area contributed by atoms with Crippen LogP contribution in [0, 0.1) is 0 Å². The van der Waals surface area contributed by atoms with Gasteiger partial charge < -0.3 is 10.4 Å². The second kappa shape index (κ2) is 7.89. The molecule has 6 nitrogen and oxygen atoms in total. The standard InChI is InChI=1S/C15H25N3O3S/c1-2-13(8-11-19)17-15-7-6-14(12-16-15)22(20,21)18-9-4-3-5-10-18/h6-7,12-13,19H,2-5,8-11H2,1H3,(H,16,17). The van der Waals surface area contributed by atoms with Crippen molar-refractivity contribution in [1.29, 1.82) is 0 Å². The zero-order valence-electron chi connectivity index (χ0n) is 13.0. The van der Waals surface area contributed by atoms with Gasteiger partial charge in [-0.15, -0.1) is 0 Å². The van der Waals surface area contributed by atoms with Gasteiger partial charge in [0.05, 0.1) is 0 Å². The van der Waals surface area contributed by atoms with Crippen molar-refractivity contribution in [2.24, 2.45) is 0 Å². The second-order valence-corrected chi connectivity index (χ2v) is 7.54. The van der Waals surface area contributed by atoms with Crippen molar-refractivity contribution in [1.82, 2.24) is 9.29 Å². The van der Waals surface area contributed by atoms with Crippen LogP contribution in [0.1, 0.15) is 39.0 Å². The minimum Gasteiger partial charge on any atom is -0.396 e. The fourth-order valence-corrected chi connectivity index (χ4v) is 4.08. The minimum absolute atomic E-state index is 0.118. The second-order valence-electron chi connectivity index (χ2n) is 5.61. The number of piperidine rings is 1. The Morgan fingerprint density at radius 1 is 1.32 bits per heavy atom. The normalized spacial score (nSPS) is 18.1. The first-order valence-corrected chi connectivity index (χ1v) is 9.35. The third-order valence-electron chi connectivity index (χ3n) is 4.01. The molecule has 7 heteroatoms. The number of anilines is 1. The molecule has 1 aliphatic heterocycles. The number of aromatic nitrogens is 1. The van der Waals surface area contributed by atoms with Crippen LogP contribution in [0.15, 0.2) is 23.2 Å². The summed E-state index contributed by atoms with van der Waals surface area (Å²) < 4.78 is 26.6. The number of nitrogens with zero attached hydrogens (tertiary/aromatic N) is 2. The number of hydrogen-bond donors (Lipinski definition) is 2. The van der Waals surface area contributed by atoms with Gasteiger partial charge in [0.25, 0.3) is 0 Å². The van der Waals surface area contributed by atoms with E-state index in [0.29, 0.717) is 25.3 Å². The van der Waals surface area contributed by atoms with Crippen molar-refractivity contribution in [3.05, 3.63) is 18.3 Å². The Hall–Kier alpha value is -1.18. The molecule has 0 bridgehead atoms. The van der Waals surface area contributed by atoms with Crippen LogP contribution in [0.3, 0.4) is 0 Å². The molecular weight excluding hydrogens is 302 g/mol. The van der Waals surface area contributed by atoms with Gasteiger partial charge in [0.1, 0.15) is 10.7 Å². The van der Waals surface area contributed by atoms with Gasteiger partial charge in [0.2, 0.25) is 10.0 Å². The highest BCUT2D eigenvalue weighted by Gasteiger charge is 2.26. The molecule has 124 valence electrons. The number of nitrogens with one attached hydrogen (secondary N) is 1. The van der Waals surface area contributed by atoms with Crippen LogP contribution >= 0.6 is 0 Å². The largest absolute Gasteiger partial charge is 0.396 e. The van der Waals surface area contributed by atoms with E-state index in [-0.39, 0.29) is 17.5 Å². The Balaban J connectivity index is 2.07. The number of aliphatic hydroxyl groups excluding tert-OH is 1. The smallest absolute Gasteiger partial charge is 0.244 e. The molecule has 1 atom stereocenters. The maximum atomic E-state index is 12.5. The Labute approximate surface area is 132 Å². The minimum atomic E-state index is -3.42. The summed E-state index contributed by atoms with van der Waals surface area (Å²) in [5.74, 6) is 0.637. The predicted octanol–water partition coefficient (Wildman–Crippen LogP) is 1.83. The Morgan fingerprint density at radius 3 is 2.59 bits per heavy atom. The number of rotatable bonds is 7. The van der Waals surface area contributed by atoms with Crippen LogP contribution in [0.5, 0.6) is 0 Å². The molecule has 2 rings (SSSR count). The van der Waals surface area contributed by atoms with E-state index in [9.17, 15) is 8.42 Å². The van der Waals surface area contributed by atoms with Crippen molar-refractivity contribution in [3.8, 4) is 0 Å². The van der Waals surface area contributed by atoms with Gasteiger partial charge in [0, 0.05) is 31.9 Å². The van der Waals surface area contributed by atoms with Gasteiger partial charge in [-0.3, -0.25) is 0 Å².